The van der Waals surface area contributed by atoms with Gasteiger partial charge in [-0.15, -0.1) is 10.2 Å². The van der Waals surface area contributed by atoms with Crippen LogP contribution in [-0.2, 0) is 13.1 Å². The monoisotopic (exact) mass is 467 g/mol. The van der Waals surface area contributed by atoms with E-state index in [1.54, 1.807) is 19.1 Å². The van der Waals surface area contributed by atoms with Crippen LogP contribution in [0, 0.1) is 0 Å². The summed E-state index contributed by atoms with van der Waals surface area (Å²) in [5, 5.41) is 8.21. The predicted octanol–water partition coefficient (Wildman–Crippen LogP) is 5.13. The van der Waals surface area contributed by atoms with Crippen molar-refractivity contribution in [3.8, 4) is 23.0 Å². The number of ether oxygens (including phenoxy) is 2. The van der Waals surface area contributed by atoms with Crippen molar-refractivity contribution in [2.75, 3.05) is 13.7 Å². The van der Waals surface area contributed by atoms with Crippen molar-refractivity contribution in [2.45, 2.75) is 26.6 Å². The Hall–Kier alpha value is -2.52. The highest BCUT2D eigenvalue weighted by atomic mass is 79.9. The van der Waals surface area contributed by atoms with E-state index >= 15 is 0 Å². The molecule has 2 aromatic carbocycles. The topological polar surface area (TPSA) is 60.6 Å². The van der Waals surface area contributed by atoms with Crippen molar-refractivity contribution in [2.24, 2.45) is 0 Å². The number of aromatic nitrogens is 2. The first kappa shape index (κ1) is 21.2. The number of hydrogen-bond donors (Lipinski definition) is 0. The van der Waals surface area contributed by atoms with Crippen molar-refractivity contribution in [1.82, 2.24) is 15.1 Å². The summed E-state index contributed by atoms with van der Waals surface area (Å²) in [6.07, 6.45) is 0. The third kappa shape index (κ3) is 5.74. The maximum Gasteiger partial charge on any atom is 0.387 e. The first-order valence-electron chi connectivity index (χ1n) is 8.92. The van der Waals surface area contributed by atoms with Gasteiger partial charge in [-0.25, -0.2) is 0 Å². The second kappa shape index (κ2) is 9.80. The molecule has 0 N–H and O–H groups in total. The molecule has 9 heteroatoms. The molecule has 3 aromatic rings. The Labute approximate surface area is 175 Å². The summed E-state index contributed by atoms with van der Waals surface area (Å²) in [6, 6.07) is 12.5. The normalized spacial score (nSPS) is 11.3. The summed E-state index contributed by atoms with van der Waals surface area (Å²) < 4.78 is 41.6. The molecule has 0 aliphatic carbocycles. The van der Waals surface area contributed by atoms with Crippen LogP contribution in [0.15, 0.2) is 51.4 Å². The molecule has 0 saturated carbocycles. The fourth-order valence-electron chi connectivity index (χ4n) is 2.77. The van der Waals surface area contributed by atoms with Gasteiger partial charge in [-0.05, 0) is 59.7 Å². The number of benzene rings is 2. The number of halogens is 3. The van der Waals surface area contributed by atoms with E-state index in [9.17, 15) is 8.78 Å². The minimum atomic E-state index is -2.90. The van der Waals surface area contributed by atoms with Gasteiger partial charge < -0.3 is 13.9 Å². The van der Waals surface area contributed by atoms with Crippen LogP contribution in [0.5, 0.6) is 11.5 Å². The van der Waals surface area contributed by atoms with Crippen molar-refractivity contribution in [1.29, 1.82) is 0 Å². The number of hydrogen-bond acceptors (Lipinski definition) is 6. The van der Waals surface area contributed by atoms with Crippen LogP contribution >= 0.6 is 15.9 Å². The summed E-state index contributed by atoms with van der Waals surface area (Å²) in [4.78, 5) is 1.97. The average molecular weight is 468 g/mol. The van der Waals surface area contributed by atoms with E-state index < -0.39 is 6.61 Å². The third-order valence-corrected chi connectivity index (χ3v) is 4.64. The summed E-state index contributed by atoms with van der Waals surface area (Å²) in [7, 11) is 1.90. The van der Waals surface area contributed by atoms with E-state index in [0.717, 1.165) is 15.6 Å². The maximum atomic E-state index is 12.5. The Morgan fingerprint density at radius 1 is 1.10 bits per heavy atom. The number of alkyl halides is 2. The lowest BCUT2D eigenvalue weighted by Crippen LogP contribution is -2.17. The molecule has 1 heterocycles. The molecule has 0 bridgehead atoms. The highest BCUT2D eigenvalue weighted by Crippen LogP contribution is 2.30. The third-order valence-electron chi connectivity index (χ3n) is 3.95. The second-order valence-electron chi connectivity index (χ2n) is 6.25. The van der Waals surface area contributed by atoms with Gasteiger partial charge in [0.2, 0.25) is 11.8 Å². The van der Waals surface area contributed by atoms with Gasteiger partial charge in [0.05, 0.1) is 18.7 Å². The zero-order valence-corrected chi connectivity index (χ0v) is 17.5. The lowest BCUT2D eigenvalue weighted by atomic mass is 10.2. The molecule has 0 aliphatic heterocycles. The second-order valence-corrected chi connectivity index (χ2v) is 7.10. The van der Waals surface area contributed by atoms with E-state index in [2.05, 4.69) is 30.9 Å². The summed E-state index contributed by atoms with van der Waals surface area (Å²) in [5.41, 5.74) is 1.70. The molecule has 0 spiro atoms. The Morgan fingerprint density at radius 3 is 2.62 bits per heavy atom. The van der Waals surface area contributed by atoms with Gasteiger partial charge in [0, 0.05) is 11.0 Å². The Morgan fingerprint density at radius 2 is 1.90 bits per heavy atom. The van der Waals surface area contributed by atoms with Crippen LogP contribution < -0.4 is 9.47 Å². The average Bonchev–Trinajstić information content (AvgIpc) is 3.12. The van der Waals surface area contributed by atoms with Gasteiger partial charge in [-0.1, -0.05) is 18.2 Å². The lowest BCUT2D eigenvalue weighted by Gasteiger charge is -2.17. The molecule has 0 radical (unpaired) electrons. The van der Waals surface area contributed by atoms with Gasteiger partial charge in [0.1, 0.15) is 0 Å². The molecular weight excluding hydrogens is 448 g/mol. The van der Waals surface area contributed by atoms with Gasteiger partial charge in [-0.2, -0.15) is 8.78 Å². The van der Waals surface area contributed by atoms with E-state index in [4.69, 9.17) is 9.15 Å². The van der Waals surface area contributed by atoms with Crippen LogP contribution in [-0.4, -0.2) is 35.4 Å². The van der Waals surface area contributed by atoms with Crippen molar-refractivity contribution < 1.29 is 22.7 Å². The molecule has 0 saturated heterocycles. The first-order chi connectivity index (χ1) is 14.0. The largest absolute Gasteiger partial charge is 0.490 e. The van der Waals surface area contributed by atoms with E-state index in [0.29, 0.717) is 31.5 Å². The highest BCUT2D eigenvalue weighted by molar-refractivity contribution is 9.10. The highest BCUT2D eigenvalue weighted by Gasteiger charge is 2.15. The lowest BCUT2D eigenvalue weighted by molar-refractivity contribution is -0.0514. The quantitative estimate of drug-likeness (QED) is 0.434. The predicted molar refractivity (Wildman–Crippen MR) is 107 cm³/mol. The van der Waals surface area contributed by atoms with Crippen LogP contribution in [0.4, 0.5) is 8.78 Å². The van der Waals surface area contributed by atoms with Gasteiger partial charge in [0.15, 0.2) is 11.5 Å². The SMILES string of the molecule is CCOc1cc(CN(C)Cc2nnc(-c3ccccc3Br)o2)ccc1OC(F)F. The summed E-state index contributed by atoms with van der Waals surface area (Å²) >= 11 is 3.47. The molecule has 29 heavy (non-hydrogen) atoms. The van der Waals surface area contributed by atoms with Crippen molar-refractivity contribution in [3.05, 3.63) is 58.4 Å². The molecule has 3 rings (SSSR count). The van der Waals surface area contributed by atoms with E-state index in [-0.39, 0.29) is 11.5 Å². The zero-order valence-electron chi connectivity index (χ0n) is 15.9. The smallest absolute Gasteiger partial charge is 0.387 e. The minimum Gasteiger partial charge on any atom is -0.490 e. The van der Waals surface area contributed by atoms with Crippen LogP contribution in [0.1, 0.15) is 18.4 Å². The first-order valence-corrected chi connectivity index (χ1v) is 9.72. The molecule has 0 atom stereocenters. The summed E-state index contributed by atoms with van der Waals surface area (Å²) in [6.45, 7) is 0.180. The van der Waals surface area contributed by atoms with Gasteiger partial charge in [0.25, 0.3) is 0 Å². The van der Waals surface area contributed by atoms with E-state index in [1.807, 2.05) is 36.2 Å². The van der Waals surface area contributed by atoms with Crippen LogP contribution in [0.2, 0.25) is 0 Å². The minimum absolute atomic E-state index is 0.0169. The maximum absolute atomic E-state index is 12.5. The molecule has 154 valence electrons. The van der Waals surface area contributed by atoms with Gasteiger partial charge >= 0.3 is 6.61 Å². The standard InChI is InChI=1S/C20H20BrF2N3O3/c1-3-27-17-10-13(8-9-16(17)28-20(22)23)11-26(2)12-18-24-25-19(29-18)14-6-4-5-7-15(14)21/h4-10,20H,3,11-12H2,1-2H3. The molecule has 0 fully saturated rings. The van der Waals surface area contributed by atoms with Crippen molar-refractivity contribution >= 4 is 15.9 Å². The molecular formula is C20H20BrF2N3O3. The van der Waals surface area contributed by atoms with Crippen LogP contribution in [0.25, 0.3) is 11.5 Å². The zero-order chi connectivity index (χ0) is 20.8. The Bertz CT molecular complexity index is 952. The molecule has 1 aromatic heterocycles. The number of nitrogens with zero attached hydrogens (tertiary/aromatic N) is 3. The fraction of sp³-hybridized carbons (Fsp3) is 0.300. The Balaban J connectivity index is 1.67. The molecule has 0 aliphatic rings. The molecule has 0 amide bonds. The Kier molecular flexibility index (Phi) is 7.16. The number of rotatable bonds is 9. The summed E-state index contributed by atoms with van der Waals surface area (Å²) in [5.74, 6) is 1.21. The van der Waals surface area contributed by atoms with Crippen molar-refractivity contribution in [3.63, 3.8) is 0 Å². The van der Waals surface area contributed by atoms with E-state index in [1.165, 1.54) is 6.07 Å². The van der Waals surface area contributed by atoms with Gasteiger partial charge in [-0.3, -0.25) is 4.90 Å². The van der Waals surface area contributed by atoms with Crippen LogP contribution in [0.3, 0.4) is 0 Å². The molecule has 0 unspecified atom stereocenters. The molecule has 6 nitrogen and oxygen atoms in total. The fourth-order valence-corrected chi connectivity index (χ4v) is 3.23.